The summed E-state index contributed by atoms with van der Waals surface area (Å²) >= 11 is 0. The van der Waals surface area contributed by atoms with Crippen molar-refractivity contribution in [2.75, 3.05) is 26.2 Å². The zero-order valence-corrected chi connectivity index (χ0v) is 14.7. The van der Waals surface area contributed by atoms with E-state index in [0.29, 0.717) is 19.6 Å². The van der Waals surface area contributed by atoms with Gasteiger partial charge in [-0.25, -0.2) is 13.2 Å². The molecular formula is C16H19F3N2O4S. The fourth-order valence-corrected chi connectivity index (χ4v) is 4.33. The SMILES string of the molecule is O=C(O)N1CC2(CCN(Cc3ccc(S(=O)(=O)C(F)(F)F)cc3)CC2)C1. The molecule has 26 heavy (non-hydrogen) atoms. The van der Waals surface area contributed by atoms with Gasteiger partial charge in [0.2, 0.25) is 0 Å². The predicted octanol–water partition coefficient (Wildman–Crippen LogP) is 2.56. The number of hydrogen-bond donors (Lipinski definition) is 1. The van der Waals surface area contributed by atoms with Crippen LogP contribution in [0.4, 0.5) is 18.0 Å². The number of sulfone groups is 1. The molecular weight excluding hydrogens is 373 g/mol. The van der Waals surface area contributed by atoms with Crippen molar-refractivity contribution in [2.24, 2.45) is 5.41 Å². The Morgan fingerprint density at radius 3 is 2.12 bits per heavy atom. The summed E-state index contributed by atoms with van der Waals surface area (Å²) in [6, 6.07) is 4.78. The van der Waals surface area contributed by atoms with Gasteiger partial charge in [-0.1, -0.05) is 12.1 Å². The molecule has 1 N–H and O–H groups in total. The Bertz CT molecular complexity index is 777. The van der Waals surface area contributed by atoms with Crippen LogP contribution in [-0.4, -0.2) is 61.1 Å². The normalized spacial score (nSPS) is 20.8. The molecule has 2 fully saturated rings. The van der Waals surface area contributed by atoms with Gasteiger partial charge in [-0.15, -0.1) is 0 Å². The molecule has 0 aromatic heterocycles. The van der Waals surface area contributed by atoms with Crippen LogP contribution in [0.2, 0.25) is 0 Å². The molecule has 144 valence electrons. The number of piperidine rings is 1. The Labute approximate surface area is 149 Å². The highest BCUT2D eigenvalue weighted by Gasteiger charge is 2.47. The summed E-state index contributed by atoms with van der Waals surface area (Å²) in [7, 11) is -5.32. The predicted molar refractivity (Wildman–Crippen MR) is 86.2 cm³/mol. The van der Waals surface area contributed by atoms with Crippen molar-refractivity contribution in [2.45, 2.75) is 29.8 Å². The zero-order chi connectivity index (χ0) is 19.2. The summed E-state index contributed by atoms with van der Waals surface area (Å²) in [4.78, 5) is 13.7. The van der Waals surface area contributed by atoms with E-state index in [4.69, 9.17) is 5.11 Å². The van der Waals surface area contributed by atoms with Crippen molar-refractivity contribution < 1.29 is 31.5 Å². The van der Waals surface area contributed by atoms with E-state index in [1.165, 1.54) is 17.0 Å². The number of halogens is 3. The highest BCUT2D eigenvalue weighted by Crippen LogP contribution is 2.40. The summed E-state index contributed by atoms with van der Waals surface area (Å²) in [6.07, 6.45) is 0.848. The summed E-state index contributed by atoms with van der Waals surface area (Å²) in [5.74, 6) is 0. The van der Waals surface area contributed by atoms with E-state index in [0.717, 1.165) is 43.6 Å². The number of amides is 1. The van der Waals surface area contributed by atoms with E-state index >= 15 is 0 Å². The van der Waals surface area contributed by atoms with Gasteiger partial charge >= 0.3 is 11.6 Å². The average Bonchev–Trinajstić information content (AvgIpc) is 2.53. The maximum absolute atomic E-state index is 12.5. The summed E-state index contributed by atoms with van der Waals surface area (Å²) < 4.78 is 60.4. The van der Waals surface area contributed by atoms with Crippen LogP contribution in [0, 0.1) is 5.41 Å². The lowest BCUT2D eigenvalue weighted by atomic mass is 9.72. The quantitative estimate of drug-likeness (QED) is 0.856. The largest absolute Gasteiger partial charge is 0.501 e. The second-order valence-electron chi connectivity index (χ2n) is 7.01. The molecule has 0 bridgehead atoms. The average molecular weight is 392 g/mol. The first-order valence-corrected chi connectivity index (χ1v) is 9.61. The molecule has 2 heterocycles. The molecule has 1 aromatic carbocycles. The summed E-state index contributed by atoms with van der Waals surface area (Å²) in [6.45, 7) is 3.18. The smallest absolute Gasteiger partial charge is 0.465 e. The van der Waals surface area contributed by atoms with Crippen molar-refractivity contribution in [1.29, 1.82) is 0 Å². The monoisotopic (exact) mass is 392 g/mol. The van der Waals surface area contributed by atoms with Gasteiger partial charge in [-0.2, -0.15) is 13.2 Å². The lowest BCUT2D eigenvalue weighted by molar-refractivity contribution is -0.0436. The van der Waals surface area contributed by atoms with Crippen LogP contribution in [-0.2, 0) is 16.4 Å². The second kappa shape index (κ2) is 6.41. The minimum Gasteiger partial charge on any atom is -0.465 e. The first-order chi connectivity index (χ1) is 12.0. The molecule has 2 aliphatic heterocycles. The number of likely N-dealkylation sites (tertiary alicyclic amines) is 2. The van der Waals surface area contributed by atoms with Gasteiger partial charge in [0, 0.05) is 25.0 Å². The third kappa shape index (κ3) is 3.52. The Hall–Kier alpha value is -1.81. The van der Waals surface area contributed by atoms with Crippen molar-refractivity contribution >= 4 is 15.9 Å². The summed E-state index contributed by atoms with van der Waals surface area (Å²) in [5, 5.41) is 8.93. The molecule has 1 amide bonds. The highest BCUT2D eigenvalue weighted by molar-refractivity contribution is 7.92. The van der Waals surface area contributed by atoms with E-state index < -0.39 is 26.3 Å². The molecule has 2 aliphatic rings. The second-order valence-corrected chi connectivity index (χ2v) is 8.95. The Balaban J connectivity index is 1.56. The number of carbonyl (C=O) groups is 1. The zero-order valence-electron chi connectivity index (χ0n) is 13.9. The highest BCUT2D eigenvalue weighted by atomic mass is 32.2. The van der Waals surface area contributed by atoms with E-state index in [1.54, 1.807) is 0 Å². The van der Waals surface area contributed by atoms with E-state index in [2.05, 4.69) is 4.90 Å². The lowest BCUT2D eigenvalue weighted by Gasteiger charge is -2.52. The van der Waals surface area contributed by atoms with Gasteiger partial charge in [0.1, 0.15) is 0 Å². The summed E-state index contributed by atoms with van der Waals surface area (Å²) in [5.41, 5.74) is -4.51. The minimum absolute atomic E-state index is 0.0551. The molecule has 6 nitrogen and oxygen atoms in total. The van der Waals surface area contributed by atoms with Crippen LogP contribution in [0.1, 0.15) is 18.4 Å². The van der Waals surface area contributed by atoms with Crippen molar-refractivity contribution in [3.05, 3.63) is 29.8 Å². The van der Waals surface area contributed by atoms with Crippen LogP contribution in [0.15, 0.2) is 29.2 Å². The molecule has 0 atom stereocenters. The standard InChI is InChI=1S/C16H19F3N2O4S/c17-16(18,19)26(24,25)13-3-1-12(2-4-13)9-20-7-5-15(6-8-20)10-21(11-15)14(22)23/h1-4H,5-11H2,(H,22,23). The van der Waals surface area contributed by atoms with Gasteiger partial charge in [0.05, 0.1) is 4.90 Å². The maximum atomic E-state index is 12.5. The first kappa shape index (κ1) is 19.0. The van der Waals surface area contributed by atoms with Crippen LogP contribution in [0.25, 0.3) is 0 Å². The minimum atomic E-state index is -5.32. The van der Waals surface area contributed by atoms with Gasteiger partial charge in [-0.3, -0.25) is 4.90 Å². The van der Waals surface area contributed by atoms with Crippen molar-refractivity contribution in [3.8, 4) is 0 Å². The fourth-order valence-electron chi connectivity index (χ4n) is 3.57. The van der Waals surface area contributed by atoms with Gasteiger partial charge in [0.15, 0.2) is 0 Å². The molecule has 3 rings (SSSR count). The molecule has 0 aliphatic carbocycles. The van der Waals surface area contributed by atoms with E-state index in [1.807, 2.05) is 0 Å². The lowest BCUT2D eigenvalue weighted by Crippen LogP contribution is -2.61. The maximum Gasteiger partial charge on any atom is 0.501 e. The number of nitrogens with zero attached hydrogens (tertiary/aromatic N) is 2. The topological polar surface area (TPSA) is 77.9 Å². The molecule has 1 aromatic rings. The van der Waals surface area contributed by atoms with Crippen molar-refractivity contribution in [3.63, 3.8) is 0 Å². The van der Waals surface area contributed by atoms with Crippen LogP contribution in [0.3, 0.4) is 0 Å². The molecule has 0 radical (unpaired) electrons. The Kier molecular flexibility index (Phi) is 4.68. The van der Waals surface area contributed by atoms with Crippen LogP contribution < -0.4 is 0 Å². The number of rotatable bonds is 3. The third-order valence-corrected chi connectivity index (χ3v) is 6.69. The van der Waals surface area contributed by atoms with Crippen molar-refractivity contribution in [1.82, 2.24) is 9.80 Å². The first-order valence-electron chi connectivity index (χ1n) is 8.13. The van der Waals surface area contributed by atoms with E-state index in [9.17, 15) is 26.4 Å². The number of alkyl halides is 3. The van der Waals surface area contributed by atoms with Gasteiger partial charge in [0.25, 0.3) is 9.84 Å². The number of hydrogen-bond acceptors (Lipinski definition) is 4. The molecule has 1 spiro atoms. The Morgan fingerprint density at radius 1 is 1.12 bits per heavy atom. The van der Waals surface area contributed by atoms with Gasteiger partial charge in [-0.05, 0) is 43.6 Å². The van der Waals surface area contributed by atoms with E-state index in [-0.39, 0.29) is 5.41 Å². The molecule has 2 saturated heterocycles. The third-order valence-electron chi connectivity index (χ3n) is 5.18. The van der Waals surface area contributed by atoms with Crippen LogP contribution >= 0.6 is 0 Å². The molecule has 0 unspecified atom stereocenters. The van der Waals surface area contributed by atoms with Gasteiger partial charge < -0.3 is 10.0 Å². The fraction of sp³-hybridized carbons (Fsp3) is 0.562. The van der Waals surface area contributed by atoms with Crippen LogP contribution in [0.5, 0.6) is 0 Å². The Morgan fingerprint density at radius 2 is 1.65 bits per heavy atom. The molecule has 10 heteroatoms. The number of carboxylic acid groups (broad SMARTS) is 1. The molecule has 0 saturated carbocycles. The number of benzene rings is 1.